The first-order valence-electron chi connectivity index (χ1n) is 5.40. The Bertz CT molecular complexity index is 490. The normalized spacial score (nSPS) is 17.8. The molecule has 1 aromatic heterocycles. The number of aromatic nitrogens is 2. The van der Waals surface area contributed by atoms with E-state index in [4.69, 9.17) is 0 Å². The molecule has 1 aliphatic rings. The fraction of sp³-hybridized carbons (Fsp3) is 0.700. The Hall–Kier alpha value is -0.880. The van der Waals surface area contributed by atoms with Gasteiger partial charge in [-0.2, -0.15) is 9.40 Å². The lowest BCUT2D eigenvalue weighted by molar-refractivity contribution is 0.391. The second-order valence-electron chi connectivity index (χ2n) is 4.57. The molecule has 6 heteroatoms. The molecule has 2 heterocycles. The van der Waals surface area contributed by atoms with Crippen LogP contribution in [0.25, 0.3) is 0 Å². The van der Waals surface area contributed by atoms with Crippen molar-refractivity contribution in [1.82, 2.24) is 14.5 Å². The quantitative estimate of drug-likeness (QED) is 0.837. The fourth-order valence-corrected chi connectivity index (χ4v) is 2.84. The van der Waals surface area contributed by atoms with Gasteiger partial charge in [0.1, 0.15) is 0 Å². The van der Waals surface area contributed by atoms with Gasteiger partial charge in [0, 0.05) is 30.8 Å². The van der Waals surface area contributed by atoms with Gasteiger partial charge in [-0.05, 0) is 5.92 Å². The molecule has 0 radical (unpaired) electrons. The zero-order valence-corrected chi connectivity index (χ0v) is 10.6. The number of H-pyrrole nitrogens is 1. The summed E-state index contributed by atoms with van der Waals surface area (Å²) in [5.41, 5.74) is 3.14. The van der Waals surface area contributed by atoms with Gasteiger partial charge in [-0.15, -0.1) is 0 Å². The third kappa shape index (κ3) is 1.99. The maximum absolute atomic E-state index is 11.5. The molecule has 0 saturated heterocycles. The van der Waals surface area contributed by atoms with Crippen molar-refractivity contribution in [3.63, 3.8) is 0 Å². The minimum Gasteiger partial charge on any atom is -0.282 e. The Labute approximate surface area is 95.9 Å². The van der Waals surface area contributed by atoms with Crippen molar-refractivity contribution >= 4 is 10.0 Å². The molecule has 0 fully saturated rings. The molecule has 16 heavy (non-hydrogen) atoms. The van der Waals surface area contributed by atoms with Crippen LogP contribution in [0.3, 0.4) is 0 Å². The number of nitrogens with one attached hydrogen (secondary N) is 1. The van der Waals surface area contributed by atoms with Gasteiger partial charge in [0.05, 0.1) is 11.9 Å². The van der Waals surface area contributed by atoms with Crippen LogP contribution < -0.4 is 0 Å². The lowest BCUT2D eigenvalue weighted by Gasteiger charge is -2.25. The molecule has 90 valence electrons. The number of aromatic amines is 1. The number of fused-ring (bicyclic) bond motifs is 1. The van der Waals surface area contributed by atoms with Crippen molar-refractivity contribution in [2.45, 2.75) is 32.7 Å². The third-order valence-electron chi connectivity index (χ3n) is 2.95. The molecule has 2 rings (SSSR count). The summed E-state index contributed by atoms with van der Waals surface area (Å²) in [6.45, 7) is 5.13. The molecule has 0 aliphatic carbocycles. The van der Waals surface area contributed by atoms with Gasteiger partial charge in [0.2, 0.25) is 10.0 Å². The first kappa shape index (κ1) is 11.6. The number of rotatable bonds is 2. The molecule has 0 atom stereocenters. The largest absolute Gasteiger partial charge is 0.282 e. The lowest BCUT2D eigenvalue weighted by Crippen LogP contribution is -2.35. The van der Waals surface area contributed by atoms with Gasteiger partial charge in [-0.25, -0.2) is 8.42 Å². The van der Waals surface area contributed by atoms with E-state index in [1.54, 1.807) is 0 Å². The highest BCUT2D eigenvalue weighted by Crippen LogP contribution is 2.26. The maximum atomic E-state index is 11.5. The van der Waals surface area contributed by atoms with Gasteiger partial charge in [0.25, 0.3) is 0 Å². The zero-order chi connectivity index (χ0) is 11.9. The Balaban J connectivity index is 2.35. The first-order valence-corrected chi connectivity index (χ1v) is 7.25. The Morgan fingerprint density at radius 3 is 2.69 bits per heavy atom. The third-order valence-corrected chi connectivity index (χ3v) is 4.20. The highest BCUT2D eigenvalue weighted by atomic mass is 32.2. The molecular formula is C10H17N3O2S. The van der Waals surface area contributed by atoms with Crippen LogP contribution >= 0.6 is 0 Å². The monoisotopic (exact) mass is 243 g/mol. The van der Waals surface area contributed by atoms with Gasteiger partial charge >= 0.3 is 0 Å². The fourth-order valence-electron chi connectivity index (χ4n) is 2.05. The molecule has 0 saturated carbocycles. The predicted molar refractivity (Wildman–Crippen MR) is 61.6 cm³/mol. The number of hydrogen-bond acceptors (Lipinski definition) is 3. The number of nitrogens with zero attached hydrogens (tertiary/aromatic N) is 2. The summed E-state index contributed by atoms with van der Waals surface area (Å²) in [7, 11) is -3.10. The van der Waals surface area contributed by atoms with Crippen LogP contribution in [0.15, 0.2) is 0 Å². The minimum atomic E-state index is -3.10. The SMILES string of the molecule is CC(C)c1n[nH]c2c1CN(S(C)(=O)=O)CC2. The van der Waals surface area contributed by atoms with Crippen molar-refractivity contribution in [1.29, 1.82) is 0 Å². The Kier molecular flexibility index (Phi) is 2.79. The zero-order valence-electron chi connectivity index (χ0n) is 9.82. The Morgan fingerprint density at radius 2 is 2.12 bits per heavy atom. The average Bonchev–Trinajstić information content (AvgIpc) is 2.58. The highest BCUT2D eigenvalue weighted by Gasteiger charge is 2.27. The van der Waals surface area contributed by atoms with Crippen molar-refractivity contribution in [2.75, 3.05) is 12.8 Å². The van der Waals surface area contributed by atoms with Gasteiger partial charge < -0.3 is 0 Å². The number of hydrogen-bond donors (Lipinski definition) is 1. The predicted octanol–water partition coefficient (Wildman–Crippen LogP) is 0.851. The molecule has 0 amide bonds. The van der Waals surface area contributed by atoms with Gasteiger partial charge in [0.15, 0.2) is 0 Å². The van der Waals surface area contributed by atoms with Crippen LogP contribution in [0, 0.1) is 0 Å². The van der Waals surface area contributed by atoms with Crippen LogP contribution in [0.2, 0.25) is 0 Å². The topological polar surface area (TPSA) is 66.1 Å². The second-order valence-corrected chi connectivity index (χ2v) is 6.55. The van der Waals surface area contributed by atoms with E-state index in [9.17, 15) is 8.42 Å². The standard InChI is InChI=1S/C10H17N3O2S/c1-7(2)10-8-6-13(16(3,14)15)5-4-9(8)11-12-10/h7H,4-6H2,1-3H3,(H,11,12). The summed E-state index contributed by atoms with van der Waals surface area (Å²) in [4.78, 5) is 0. The summed E-state index contributed by atoms with van der Waals surface area (Å²) >= 11 is 0. The van der Waals surface area contributed by atoms with Crippen LogP contribution in [0.4, 0.5) is 0 Å². The van der Waals surface area contributed by atoms with Gasteiger partial charge in [-0.1, -0.05) is 13.8 Å². The summed E-state index contributed by atoms with van der Waals surface area (Å²) in [5.74, 6) is 0.319. The molecule has 5 nitrogen and oxygen atoms in total. The van der Waals surface area contributed by atoms with E-state index in [0.29, 0.717) is 19.0 Å². The molecule has 1 aromatic rings. The maximum Gasteiger partial charge on any atom is 0.211 e. The highest BCUT2D eigenvalue weighted by molar-refractivity contribution is 7.88. The van der Waals surface area contributed by atoms with Crippen LogP contribution in [-0.2, 0) is 23.0 Å². The first-order chi connectivity index (χ1) is 7.39. The van der Waals surface area contributed by atoms with Crippen molar-refractivity contribution in [3.05, 3.63) is 17.0 Å². The van der Waals surface area contributed by atoms with Crippen molar-refractivity contribution in [3.8, 4) is 0 Å². The summed E-state index contributed by atoms with van der Waals surface area (Å²) < 4.78 is 24.5. The molecule has 0 spiro atoms. The molecule has 1 aliphatic heterocycles. The van der Waals surface area contributed by atoms with E-state index in [2.05, 4.69) is 24.0 Å². The molecule has 0 unspecified atom stereocenters. The number of sulfonamides is 1. The molecule has 1 N–H and O–H groups in total. The molecule has 0 aromatic carbocycles. The van der Waals surface area contributed by atoms with Crippen molar-refractivity contribution < 1.29 is 8.42 Å². The van der Waals surface area contributed by atoms with E-state index < -0.39 is 10.0 Å². The van der Waals surface area contributed by atoms with E-state index in [0.717, 1.165) is 23.4 Å². The van der Waals surface area contributed by atoms with Crippen molar-refractivity contribution in [2.24, 2.45) is 0 Å². The van der Waals surface area contributed by atoms with E-state index in [1.165, 1.54) is 10.6 Å². The van der Waals surface area contributed by atoms with E-state index in [1.807, 2.05) is 0 Å². The van der Waals surface area contributed by atoms with Crippen LogP contribution in [0.1, 0.15) is 36.7 Å². The minimum absolute atomic E-state index is 0.319. The average molecular weight is 243 g/mol. The van der Waals surface area contributed by atoms with E-state index >= 15 is 0 Å². The molecule has 0 bridgehead atoms. The molecular weight excluding hydrogens is 226 g/mol. The van der Waals surface area contributed by atoms with Crippen LogP contribution in [-0.4, -0.2) is 35.7 Å². The summed E-state index contributed by atoms with van der Waals surface area (Å²) in [5, 5.41) is 7.28. The van der Waals surface area contributed by atoms with E-state index in [-0.39, 0.29) is 0 Å². The summed E-state index contributed by atoms with van der Waals surface area (Å²) in [6, 6.07) is 0. The van der Waals surface area contributed by atoms with Gasteiger partial charge in [-0.3, -0.25) is 5.10 Å². The van der Waals surface area contributed by atoms with Crippen LogP contribution in [0.5, 0.6) is 0 Å². The smallest absolute Gasteiger partial charge is 0.211 e. The Morgan fingerprint density at radius 1 is 1.44 bits per heavy atom. The second kappa shape index (κ2) is 3.85. The lowest BCUT2D eigenvalue weighted by atomic mass is 10.0. The summed E-state index contributed by atoms with van der Waals surface area (Å²) in [6.07, 6.45) is 1.98.